The topological polar surface area (TPSA) is 181 Å². The summed E-state index contributed by atoms with van der Waals surface area (Å²) in [4.78, 5) is 75.3. The largest absolute Gasteiger partial charge is 0.492 e. The molecule has 0 saturated heterocycles. The van der Waals surface area contributed by atoms with Gasteiger partial charge in [-0.25, -0.2) is 9.97 Å². The highest BCUT2D eigenvalue weighted by Gasteiger charge is 2.51. The Hall–Kier alpha value is -5.33. The minimum Gasteiger partial charge on any atom is -0.492 e. The second-order valence-corrected chi connectivity index (χ2v) is 12.0. The highest BCUT2D eigenvalue weighted by molar-refractivity contribution is 6.00. The minimum atomic E-state index is -1.07. The van der Waals surface area contributed by atoms with Crippen LogP contribution in [0.4, 0.5) is 0 Å². The van der Waals surface area contributed by atoms with Gasteiger partial charge in [0.2, 0.25) is 23.6 Å². The monoisotopic (exact) mass is 641 g/mol. The molecule has 5 amide bonds. The molecule has 6 rings (SSSR count). The molecule has 5 N–H and O–H groups in total. The van der Waals surface area contributed by atoms with Gasteiger partial charge in [0.05, 0.1) is 23.5 Å². The SMILES string of the molecule is Cc1ncnc(C)c1C(=O)N[C@H]1Cc2ccc(cc2)OCCNC(=O)C2(CC2)NC(=O)[C@@H](Cc2ccccc2)NC(=O)[C@H](C)NC1=O. The number of hydrogen-bond acceptors (Lipinski definition) is 8. The fraction of sp³-hybridized carbons (Fsp3) is 0.382. The first-order chi connectivity index (χ1) is 22.5. The van der Waals surface area contributed by atoms with E-state index in [4.69, 9.17) is 4.74 Å². The van der Waals surface area contributed by atoms with Crippen LogP contribution in [0, 0.1) is 13.8 Å². The van der Waals surface area contributed by atoms with Gasteiger partial charge in [0.1, 0.15) is 42.3 Å². The normalized spacial score (nSPS) is 21.8. The van der Waals surface area contributed by atoms with Gasteiger partial charge in [-0.1, -0.05) is 42.5 Å². The minimum absolute atomic E-state index is 0.106. The number of amides is 5. The fourth-order valence-electron chi connectivity index (χ4n) is 5.41. The number of rotatable bonds is 4. The summed E-state index contributed by atoms with van der Waals surface area (Å²) in [7, 11) is 0. The quantitative estimate of drug-likeness (QED) is 0.260. The third kappa shape index (κ3) is 8.29. The van der Waals surface area contributed by atoms with Crippen LogP contribution in [0.3, 0.4) is 0 Å². The summed E-state index contributed by atoms with van der Waals surface area (Å²) >= 11 is 0. The van der Waals surface area contributed by atoms with Crippen LogP contribution < -0.4 is 31.3 Å². The van der Waals surface area contributed by atoms with Crippen molar-refractivity contribution in [3.05, 3.63) is 89.0 Å². The zero-order chi connectivity index (χ0) is 33.6. The summed E-state index contributed by atoms with van der Waals surface area (Å²) in [5, 5.41) is 13.9. The number of carbonyl (C=O) groups excluding carboxylic acids is 5. The number of aromatic nitrogens is 2. The standard InChI is InChI=1S/C34H39N7O6/c1-20-28(21(2)37-19-36-20)32(45)40-26-18-24-9-11-25(12-10-24)47-16-15-35-33(46)34(13-14-34)41-31(44)27(17-23-7-5-4-6-8-23)39-29(42)22(3)38-30(26)43/h4-12,19,22,26-27H,13-18H2,1-3H3,(H,35,46)(H,38,43)(H,39,42)(H,40,45)(H,41,44)/t22-,26-,27+/m0/s1. The first kappa shape index (κ1) is 33.0. The third-order valence-corrected chi connectivity index (χ3v) is 8.31. The van der Waals surface area contributed by atoms with Gasteiger partial charge in [-0.05, 0) is 56.9 Å². The van der Waals surface area contributed by atoms with E-state index < -0.39 is 47.3 Å². The molecular formula is C34H39N7O6. The van der Waals surface area contributed by atoms with Crippen LogP contribution in [0.25, 0.3) is 0 Å². The lowest BCUT2D eigenvalue weighted by Crippen LogP contribution is -2.59. The second kappa shape index (κ2) is 14.4. The van der Waals surface area contributed by atoms with Crippen LogP contribution in [0.5, 0.6) is 5.75 Å². The molecule has 2 bridgehead atoms. The van der Waals surface area contributed by atoms with Crippen LogP contribution in [-0.4, -0.2) is 76.3 Å². The highest BCUT2D eigenvalue weighted by atomic mass is 16.5. The Morgan fingerprint density at radius 3 is 2.26 bits per heavy atom. The predicted octanol–water partition coefficient (Wildman–Crippen LogP) is 0.824. The lowest BCUT2D eigenvalue weighted by Gasteiger charge is -2.26. The van der Waals surface area contributed by atoms with E-state index in [2.05, 4.69) is 36.6 Å². The summed E-state index contributed by atoms with van der Waals surface area (Å²) in [5.41, 5.74) is 1.65. The van der Waals surface area contributed by atoms with Gasteiger partial charge in [0.15, 0.2) is 0 Å². The Bertz CT molecular complexity index is 1620. The van der Waals surface area contributed by atoms with Crippen LogP contribution in [0.2, 0.25) is 0 Å². The van der Waals surface area contributed by atoms with Crippen molar-refractivity contribution in [2.75, 3.05) is 13.2 Å². The highest BCUT2D eigenvalue weighted by Crippen LogP contribution is 2.35. The molecule has 0 radical (unpaired) electrons. The maximum absolute atomic E-state index is 13.7. The maximum Gasteiger partial charge on any atom is 0.255 e. The van der Waals surface area contributed by atoms with Gasteiger partial charge in [-0.15, -0.1) is 0 Å². The zero-order valence-corrected chi connectivity index (χ0v) is 26.6. The molecule has 3 atom stereocenters. The number of hydrogen-bond donors (Lipinski definition) is 5. The van der Waals surface area contributed by atoms with Crippen molar-refractivity contribution in [2.45, 2.75) is 70.1 Å². The van der Waals surface area contributed by atoms with Gasteiger partial charge in [0, 0.05) is 12.8 Å². The molecule has 1 spiro atoms. The summed E-state index contributed by atoms with van der Waals surface area (Å²) in [5.74, 6) is -2.00. The van der Waals surface area contributed by atoms with E-state index in [1.54, 1.807) is 38.1 Å². The molecule has 3 aromatic rings. The number of nitrogens with zero attached hydrogens (tertiary/aromatic N) is 2. The molecule has 47 heavy (non-hydrogen) atoms. The molecule has 13 heteroatoms. The number of ether oxygens (including phenoxy) is 1. The van der Waals surface area contributed by atoms with Gasteiger partial charge in [0.25, 0.3) is 5.91 Å². The van der Waals surface area contributed by atoms with Gasteiger partial charge in [-0.2, -0.15) is 0 Å². The number of fused-ring (bicyclic) bond motifs is 15. The van der Waals surface area contributed by atoms with E-state index in [0.717, 1.165) is 11.1 Å². The molecule has 1 fully saturated rings. The van der Waals surface area contributed by atoms with E-state index in [9.17, 15) is 24.0 Å². The Balaban J connectivity index is 1.40. The average molecular weight is 642 g/mol. The second-order valence-electron chi connectivity index (χ2n) is 12.0. The molecule has 3 aliphatic rings. The van der Waals surface area contributed by atoms with E-state index in [1.807, 2.05) is 30.3 Å². The molecule has 1 saturated carbocycles. The molecule has 13 nitrogen and oxygen atoms in total. The van der Waals surface area contributed by atoms with Crippen molar-refractivity contribution >= 4 is 29.5 Å². The first-order valence-electron chi connectivity index (χ1n) is 15.6. The van der Waals surface area contributed by atoms with Crippen molar-refractivity contribution in [1.29, 1.82) is 0 Å². The number of nitrogens with one attached hydrogen (secondary N) is 5. The molecule has 1 aliphatic carbocycles. The van der Waals surface area contributed by atoms with Crippen LogP contribution >= 0.6 is 0 Å². The fourth-order valence-corrected chi connectivity index (χ4v) is 5.41. The Labute approximate surface area is 272 Å². The van der Waals surface area contributed by atoms with Crippen molar-refractivity contribution in [1.82, 2.24) is 36.6 Å². The number of benzene rings is 2. The van der Waals surface area contributed by atoms with Crippen LogP contribution in [-0.2, 0) is 32.0 Å². The van der Waals surface area contributed by atoms with Crippen LogP contribution in [0.15, 0.2) is 60.9 Å². The van der Waals surface area contributed by atoms with Crippen molar-refractivity contribution in [3.63, 3.8) is 0 Å². The average Bonchev–Trinajstić information content (AvgIpc) is 3.83. The lowest BCUT2D eigenvalue weighted by molar-refractivity contribution is -0.134. The number of aryl methyl sites for hydroxylation is 2. The van der Waals surface area contributed by atoms with Gasteiger partial charge < -0.3 is 31.3 Å². The molecular weight excluding hydrogens is 602 g/mol. The summed E-state index contributed by atoms with van der Waals surface area (Å²) in [6, 6.07) is 13.0. The smallest absolute Gasteiger partial charge is 0.255 e. The first-order valence-corrected chi connectivity index (χ1v) is 15.6. The Kier molecular flexibility index (Phi) is 10.1. The van der Waals surface area contributed by atoms with E-state index in [1.165, 1.54) is 13.3 Å². The Morgan fingerprint density at radius 2 is 1.60 bits per heavy atom. The van der Waals surface area contributed by atoms with E-state index in [-0.39, 0.29) is 37.5 Å². The van der Waals surface area contributed by atoms with Gasteiger partial charge >= 0.3 is 0 Å². The molecule has 2 aliphatic heterocycles. The molecule has 2 aromatic carbocycles. The maximum atomic E-state index is 13.7. The third-order valence-electron chi connectivity index (χ3n) is 8.31. The Morgan fingerprint density at radius 1 is 0.915 bits per heavy atom. The zero-order valence-electron chi connectivity index (χ0n) is 26.6. The van der Waals surface area contributed by atoms with Gasteiger partial charge in [-0.3, -0.25) is 24.0 Å². The summed E-state index contributed by atoms with van der Waals surface area (Å²) < 4.78 is 5.79. The van der Waals surface area contributed by atoms with Crippen LogP contribution in [0.1, 0.15) is 52.6 Å². The number of carbonyl (C=O) groups is 5. The van der Waals surface area contributed by atoms with E-state index in [0.29, 0.717) is 30.0 Å². The molecule has 246 valence electrons. The van der Waals surface area contributed by atoms with E-state index >= 15 is 0 Å². The molecule has 0 unspecified atom stereocenters. The van der Waals surface area contributed by atoms with Crippen molar-refractivity contribution in [2.24, 2.45) is 0 Å². The predicted molar refractivity (Wildman–Crippen MR) is 171 cm³/mol. The van der Waals surface area contributed by atoms with Crippen molar-refractivity contribution in [3.8, 4) is 5.75 Å². The summed E-state index contributed by atoms with van der Waals surface area (Å²) in [6.45, 7) is 5.27. The lowest BCUT2D eigenvalue weighted by atomic mass is 10.0. The van der Waals surface area contributed by atoms with Crippen molar-refractivity contribution < 1.29 is 28.7 Å². The molecule has 3 heterocycles. The molecule has 1 aromatic heterocycles. The summed E-state index contributed by atoms with van der Waals surface area (Å²) in [6.07, 6.45) is 2.56.